The first kappa shape index (κ1) is 15.8. The van der Waals surface area contributed by atoms with Crippen molar-refractivity contribution < 1.29 is 14.6 Å². The van der Waals surface area contributed by atoms with Crippen LogP contribution in [0.15, 0.2) is 30.3 Å². The summed E-state index contributed by atoms with van der Waals surface area (Å²) in [5.74, 6) is -0.584. The highest BCUT2D eigenvalue weighted by Gasteiger charge is 2.53. The molecular weight excluding hydrogens is 328 g/mol. The number of likely N-dealkylation sites (tertiary alicyclic amines) is 1. The number of carboxylic acids is 1. The Morgan fingerprint density at radius 2 is 2.29 bits per heavy atom. The predicted molar refractivity (Wildman–Crippen MR) is 91.0 cm³/mol. The number of hydrogen-bond acceptors (Lipinski definition) is 4. The number of aromatic nitrogens is 1. The maximum absolute atomic E-state index is 11.8. The van der Waals surface area contributed by atoms with Gasteiger partial charge < -0.3 is 9.84 Å². The zero-order valence-corrected chi connectivity index (χ0v) is 14.0. The van der Waals surface area contributed by atoms with Crippen LogP contribution in [0.25, 0.3) is 10.9 Å². The van der Waals surface area contributed by atoms with E-state index in [0.29, 0.717) is 31.3 Å². The molecule has 1 N–H and O–H groups in total. The number of benzene rings is 1. The third-order valence-corrected chi connectivity index (χ3v) is 5.49. The van der Waals surface area contributed by atoms with Gasteiger partial charge in [0.2, 0.25) is 0 Å². The van der Waals surface area contributed by atoms with Crippen LogP contribution in [0.1, 0.15) is 12.1 Å². The molecule has 4 rings (SSSR count). The molecule has 6 heteroatoms. The van der Waals surface area contributed by atoms with E-state index in [2.05, 4.69) is 9.88 Å². The van der Waals surface area contributed by atoms with Crippen molar-refractivity contribution in [3.8, 4) is 0 Å². The fourth-order valence-electron chi connectivity index (χ4n) is 3.97. The summed E-state index contributed by atoms with van der Waals surface area (Å²) in [4.78, 5) is 18.7. The van der Waals surface area contributed by atoms with Gasteiger partial charge in [-0.3, -0.25) is 14.7 Å². The van der Waals surface area contributed by atoms with Gasteiger partial charge >= 0.3 is 5.97 Å². The number of halogens is 1. The maximum atomic E-state index is 11.8. The molecule has 0 saturated carbocycles. The fraction of sp³-hybridized carbons (Fsp3) is 0.444. The van der Waals surface area contributed by atoms with Gasteiger partial charge in [-0.2, -0.15) is 0 Å². The second-order valence-corrected chi connectivity index (χ2v) is 7.25. The number of nitrogens with zero attached hydrogens (tertiary/aromatic N) is 2. The summed E-state index contributed by atoms with van der Waals surface area (Å²) in [6, 6.07) is 9.65. The minimum atomic E-state index is -0.761. The van der Waals surface area contributed by atoms with Gasteiger partial charge in [0.05, 0.1) is 17.8 Å². The number of aliphatic carboxylic acids is 1. The molecule has 0 bridgehead atoms. The van der Waals surface area contributed by atoms with Gasteiger partial charge in [-0.1, -0.05) is 17.7 Å². The largest absolute Gasteiger partial charge is 0.481 e. The first-order valence-electron chi connectivity index (χ1n) is 8.15. The summed E-state index contributed by atoms with van der Waals surface area (Å²) >= 11 is 6.01. The zero-order chi connectivity index (χ0) is 16.7. The molecule has 0 unspecified atom stereocenters. The van der Waals surface area contributed by atoms with E-state index in [1.54, 1.807) is 0 Å². The Bertz CT molecular complexity index is 797. The van der Waals surface area contributed by atoms with Gasteiger partial charge in [-0.15, -0.1) is 0 Å². The normalized spacial score (nSPS) is 27.3. The van der Waals surface area contributed by atoms with Crippen LogP contribution < -0.4 is 0 Å². The van der Waals surface area contributed by atoms with E-state index in [0.717, 1.165) is 29.6 Å². The first-order chi connectivity index (χ1) is 11.6. The molecule has 2 fully saturated rings. The lowest BCUT2D eigenvalue weighted by molar-refractivity contribution is -0.159. The van der Waals surface area contributed by atoms with E-state index in [-0.39, 0.29) is 5.92 Å². The average molecular weight is 347 g/mol. The Hall–Kier alpha value is -1.69. The fourth-order valence-corrected chi connectivity index (χ4v) is 4.15. The van der Waals surface area contributed by atoms with Crippen LogP contribution in [0.4, 0.5) is 0 Å². The summed E-state index contributed by atoms with van der Waals surface area (Å²) < 4.78 is 5.48. The molecule has 2 atom stereocenters. The minimum absolute atomic E-state index is 0.156. The van der Waals surface area contributed by atoms with Crippen molar-refractivity contribution in [2.45, 2.75) is 13.0 Å². The lowest BCUT2D eigenvalue weighted by Gasteiger charge is -2.34. The van der Waals surface area contributed by atoms with E-state index in [1.807, 2.05) is 30.3 Å². The van der Waals surface area contributed by atoms with Gasteiger partial charge in [-0.05, 0) is 36.6 Å². The van der Waals surface area contributed by atoms with Crippen LogP contribution in [0.2, 0.25) is 5.02 Å². The highest BCUT2D eigenvalue weighted by molar-refractivity contribution is 6.31. The number of carbonyl (C=O) groups is 1. The van der Waals surface area contributed by atoms with Gasteiger partial charge in [0.1, 0.15) is 5.41 Å². The molecule has 2 aliphatic heterocycles. The Labute approximate surface area is 145 Å². The van der Waals surface area contributed by atoms with E-state index in [9.17, 15) is 9.90 Å². The molecule has 24 heavy (non-hydrogen) atoms. The minimum Gasteiger partial charge on any atom is -0.481 e. The molecule has 1 aromatic heterocycles. The van der Waals surface area contributed by atoms with Crippen molar-refractivity contribution in [3.05, 3.63) is 41.0 Å². The second kappa shape index (κ2) is 5.99. The molecule has 2 aliphatic rings. The number of hydrogen-bond donors (Lipinski definition) is 1. The van der Waals surface area contributed by atoms with Crippen LogP contribution in [0.5, 0.6) is 0 Å². The lowest BCUT2D eigenvalue weighted by Crippen LogP contribution is -2.46. The summed E-state index contributed by atoms with van der Waals surface area (Å²) in [6.07, 6.45) is 0.812. The number of fused-ring (bicyclic) bond motifs is 2. The van der Waals surface area contributed by atoms with Crippen molar-refractivity contribution in [3.63, 3.8) is 0 Å². The van der Waals surface area contributed by atoms with E-state index < -0.39 is 11.4 Å². The van der Waals surface area contributed by atoms with Gasteiger partial charge in [0.15, 0.2) is 0 Å². The molecule has 0 amide bonds. The maximum Gasteiger partial charge on any atom is 0.313 e. The Morgan fingerprint density at radius 3 is 3.08 bits per heavy atom. The van der Waals surface area contributed by atoms with Crippen molar-refractivity contribution >= 4 is 28.5 Å². The number of pyridine rings is 1. The SMILES string of the molecule is O=C(O)[C@]12COCC[C@H]1CN(Cc1ccc3cc(Cl)ccc3n1)C2. The van der Waals surface area contributed by atoms with E-state index >= 15 is 0 Å². The Morgan fingerprint density at radius 1 is 1.42 bits per heavy atom. The smallest absolute Gasteiger partial charge is 0.313 e. The topological polar surface area (TPSA) is 62.7 Å². The third kappa shape index (κ3) is 2.66. The van der Waals surface area contributed by atoms with Crippen LogP contribution in [-0.4, -0.2) is 47.3 Å². The van der Waals surface area contributed by atoms with Crippen molar-refractivity contribution in [1.29, 1.82) is 0 Å². The number of rotatable bonds is 3. The summed E-state index contributed by atoms with van der Waals surface area (Å²) in [5.41, 5.74) is 1.09. The molecule has 0 aliphatic carbocycles. The van der Waals surface area contributed by atoms with Crippen molar-refractivity contribution in [2.75, 3.05) is 26.3 Å². The quantitative estimate of drug-likeness (QED) is 0.926. The summed E-state index contributed by atoms with van der Waals surface area (Å²) in [7, 11) is 0. The highest BCUT2D eigenvalue weighted by atomic mass is 35.5. The molecule has 126 valence electrons. The Kier molecular flexibility index (Phi) is 3.95. The zero-order valence-electron chi connectivity index (χ0n) is 13.2. The molecule has 0 radical (unpaired) electrons. The van der Waals surface area contributed by atoms with Crippen molar-refractivity contribution in [2.24, 2.45) is 11.3 Å². The van der Waals surface area contributed by atoms with Crippen LogP contribution in [0.3, 0.4) is 0 Å². The predicted octanol–water partition coefficient (Wildman–Crippen LogP) is 2.81. The molecule has 2 aromatic rings. The molecule has 5 nitrogen and oxygen atoms in total. The summed E-state index contributed by atoms with van der Waals surface area (Å²) in [5, 5.41) is 11.4. The standard InChI is InChI=1S/C18H19ClN2O3/c19-14-2-4-16-12(7-14)1-3-15(20-16)9-21-8-13-5-6-24-11-18(13,10-21)17(22)23/h1-4,7,13H,5-6,8-11H2,(H,22,23)/t13-,18+/m0/s1. The van der Waals surface area contributed by atoms with Crippen LogP contribution >= 0.6 is 11.6 Å². The van der Waals surface area contributed by atoms with Gasteiger partial charge in [0.25, 0.3) is 0 Å². The van der Waals surface area contributed by atoms with Gasteiger partial charge in [-0.25, -0.2) is 0 Å². The molecule has 3 heterocycles. The lowest BCUT2D eigenvalue weighted by atomic mass is 9.76. The Balaban J connectivity index is 1.55. The number of carboxylic acid groups (broad SMARTS) is 1. The first-order valence-corrected chi connectivity index (χ1v) is 8.53. The average Bonchev–Trinajstić information content (AvgIpc) is 2.94. The summed E-state index contributed by atoms with van der Waals surface area (Å²) in [6.45, 7) is 2.93. The highest BCUT2D eigenvalue weighted by Crippen LogP contribution is 2.42. The van der Waals surface area contributed by atoms with Crippen LogP contribution in [0, 0.1) is 11.3 Å². The molecule has 1 aromatic carbocycles. The van der Waals surface area contributed by atoms with Gasteiger partial charge in [0, 0.05) is 36.7 Å². The van der Waals surface area contributed by atoms with Crippen molar-refractivity contribution in [1.82, 2.24) is 9.88 Å². The third-order valence-electron chi connectivity index (χ3n) is 5.26. The van der Waals surface area contributed by atoms with Crippen LogP contribution in [-0.2, 0) is 16.1 Å². The second-order valence-electron chi connectivity index (χ2n) is 6.81. The monoisotopic (exact) mass is 346 g/mol. The molecular formula is C18H19ClN2O3. The van der Waals surface area contributed by atoms with E-state index in [4.69, 9.17) is 16.3 Å². The molecule has 2 saturated heterocycles. The van der Waals surface area contributed by atoms with E-state index in [1.165, 1.54) is 0 Å². The number of ether oxygens (including phenoxy) is 1. The molecule has 0 spiro atoms.